The molecular formula is C26H24ClN3O2. The maximum atomic E-state index is 13.4. The van der Waals surface area contributed by atoms with Gasteiger partial charge >= 0.3 is 0 Å². The predicted octanol–water partition coefficient (Wildman–Crippen LogP) is 5.98. The number of amides is 1. The van der Waals surface area contributed by atoms with Crippen LogP contribution in [0.2, 0.25) is 5.15 Å². The number of halogens is 1. The third-order valence-corrected chi connectivity index (χ3v) is 5.51. The van der Waals surface area contributed by atoms with E-state index in [2.05, 4.69) is 22.2 Å². The topological polar surface area (TPSA) is 64.1 Å². The van der Waals surface area contributed by atoms with Gasteiger partial charge in [-0.2, -0.15) is 0 Å². The molecule has 0 spiro atoms. The molecular weight excluding hydrogens is 422 g/mol. The van der Waals surface area contributed by atoms with Gasteiger partial charge in [-0.25, -0.2) is 4.98 Å². The van der Waals surface area contributed by atoms with Crippen molar-refractivity contribution in [1.82, 2.24) is 15.3 Å². The lowest BCUT2D eigenvalue weighted by atomic mass is 10.0. The maximum absolute atomic E-state index is 13.4. The normalized spacial score (nSPS) is 11.8. The summed E-state index contributed by atoms with van der Waals surface area (Å²) in [5.74, 6) is 0.520. The highest BCUT2D eigenvalue weighted by molar-refractivity contribution is 6.30. The van der Waals surface area contributed by atoms with E-state index in [1.807, 2.05) is 66.7 Å². The predicted molar refractivity (Wildman–Crippen MR) is 127 cm³/mol. The third-order valence-electron chi connectivity index (χ3n) is 5.22. The monoisotopic (exact) mass is 445 g/mol. The van der Waals surface area contributed by atoms with Gasteiger partial charge in [-0.1, -0.05) is 73.5 Å². The summed E-state index contributed by atoms with van der Waals surface area (Å²) in [6.45, 7) is 2.76. The Kier molecular flexibility index (Phi) is 6.97. The molecule has 1 amide bonds. The van der Waals surface area contributed by atoms with Gasteiger partial charge in [0.15, 0.2) is 5.15 Å². The van der Waals surface area contributed by atoms with Gasteiger partial charge in [-0.3, -0.25) is 9.78 Å². The molecule has 0 aliphatic rings. The van der Waals surface area contributed by atoms with E-state index in [9.17, 15) is 4.79 Å². The molecule has 0 fully saturated rings. The molecule has 1 atom stereocenters. The summed E-state index contributed by atoms with van der Waals surface area (Å²) in [6, 6.07) is 20.5. The zero-order valence-electron chi connectivity index (χ0n) is 17.8. The van der Waals surface area contributed by atoms with Crippen LogP contribution in [0.3, 0.4) is 0 Å². The first-order valence-electron chi connectivity index (χ1n) is 10.6. The number of unbranched alkanes of at least 4 members (excludes halogenated alkanes) is 1. The minimum absolute atomic E-state index is 0.217. The Hall–Kier alpha value is -3.44. The van der Waals surface area contributed by atoms with E-state index < -0.39 is 6.04 Å². The summed E-state index contributed by atoms with van der Waals surface area (Å²) >= 11 is 6.38. The molecule has 0 aliphatic carbocycles. The second kappa shape index (κ2) is 10.2. The number of nitrogens with zero attached hydrogens (tertiary/aromatic N) is 2. The van der Waals surface area contributed by atoms with Gasteiger partial charge in [-0.15, -0.1) is 0 Å². The Morgan fingerprint density at radius 1 is 1.03 bits per heavy atom. The van der Waals surface area contributed by atoms with Crippen LogP contribution >= 0.6 is 11.6 Å². The number of hydrogen-bond donors (Lipinski definition) is 1. The van der Waals surface area contributed by atoms with Gasteiger partial charge in [0, 0.05) is 18.0 Å². The second-order valence-corrected chi connectivity index (χ2v) is 7.80. The minimum Gasteiger partial charge on any atom is -0.494 e. The number of benzene rings is 3. The van der Waals surface area contributed by atoms with Crippen molar-refractivity contribution >= 4 is 28.3 Å². The Balaban J connectivity index is 1.70. The molecule has 1 N–H and O–H groups in total. The highest BCUT2D eigenvalue weighted by atomic mass is 35.5. The average molecular weight is 446 g/mol. The molecule has 1 heterocycles. The Morgan fingerprint density at radius 2 is 1.81 bits per heavy atom. The summed E-state index contributed by atoms with van der Waals surface area (Å²) < 4.78 is 5.87. The molecule has 1 unspecified atom stereocenters. The first-order valence-corrected chi connectivity index (χ1v) is 11.0. The van der Waals surface area contributed by atoms with Crippen molar-refractivity contribution in [3.8, 4) is 5.75 Å². The van der Waals surface area contributed by atoms with Gasteiger partial charge < -0.3 is 10.1 Å². The van der Waals surface area contributed by atoms with E-state index in [1.165, 1.54) is 6.20 Å². The lowest BCUT2D eigenvalue weighted by molar-refractivity contribution is 0.0944. The standard InChI is InChI=1S/C26H24ClN3O2/c1-2-3-16-32-20-11-6-10-19(17-20)23(24-25(27)29-15-14-28-24)30-26(31)22-13-7-9-18-8-4-5-12-21(18)22/h4-15,17,23H,2-3,16H2,1H3,(H,30,31). The smallest absolute Gasteiger partial charge is 0.252 e. The van der Waals surface area contributed by atoms with Crippen molar-refractivity contribution in [3.05, 3.63) is 101 Å². The van der Waals surface area contributed by atoms with Crippen LogP contribution in [0.25, 0.3) is 10.8 Å². The zero-order valence-corrected chi connectivity index (χ0v) is 18.5. The lowest BCUT2D eigenvalue weighted by Crippen LogP contribution is -2.30. The van der Waals surface area contributed by atoms with Crippen molar-refractivity contribution in [3.63, 3.8) is 0 Å². The summed E-state index contributed by atoms with van der Waals surface area (Å²) in [5.41, 5.74) is 1.88. The fraction of sp³-hybridized carbons (Fsp3) is 0.192. The molecule has 0 aliphatic heterocycles. The first-order chi connectivity index (χ1) is 15.7. The summed E-state index contributed by atoms with van der Waals surface area (Å²) in [7, 11) is 0. The fourth-order valence-corrected chi connectivity index (χ4v) is 3.80. The number of fused-ring (bicyclic) bond motifs is 1. The van der Waals surface area contributed by atoms with Crippen LogP contribution in [0.5, 0.6) is 5.75 Å². The molecule has 6 heteroatoms. The highest BCUT2D eigenvalue weighted by Gasteiger charge is 2.23. The van der Waals surface area contributed by atoms with Crippen molar-refractivity contribution < 1.29 is 9.53 Å². The van der Waals surface area contributed by atoms with E-state index in [0.717, 1.165) is 34.9 Å². The fourth-order valence-electron chi connectivity index (χ4n) is 3.59. The van der Waals surface area contributed by atoms with Crippen LogP contribution in [0.15, 0.2) is 79.1 Å². The number of rotatable bonds is 8. The van der Waals surface area contributed by atoms with Crippen LogP contribution in [0.1, 0.15) is 47.4 Å². The van der Waals surface area contributed by atoms with E-state index in [1.54, 1.807) is 6.20 Å². The van der Waals surface area contributed by atoms with E-state index in [0.29, 0.717) is 17.9 Å². The van der Waals surface area contributed by atoms with Crippen molar-refractivity contribution in [2.45, 2.75) is 25.8 Å². The van der Waals surface area contributed by atoms with Crippen molar-refractivity contribution in [1.29, 1.82) is 0 Å². The molecule has 3 aromatic carbocycles. The summed E-state index contributed by atoms with van der Waals surface area (Å²) in [6.07, 6.45) is 5.12. The van der Waals surface area contributed by atoms with Crippen LogP contribution in [-0.2, 0) is 0 Å². The zero-order chi connectivity index (χ0) is 22.3. The van der Waals surface area contributed by atoms with Crippen LogP contribution in [-0.4, -0.2) is 22.5 Å². The number of ether oxygens (including phenoxy) is 1. The van der Waals surface area contributed by atoms with Crippen LogP contribution in [0, 0.1) is 0 Å². The molecule has 0 saturated carbocycles. The van der Waals surface area contributed by atoms with Gasteiger partial charge in [0.25, 0.3) is 5.91 Å². The Morgan fingerprint density at radius 3 is 2.66 bits per heavy atom. The SMILES string of the molecule is CCCCOc1cccc(C(NC(=O)c2cccc3ccccc23)c2nccnc2Cl)c1. The molecule has 4 aromatic rings. The Bertz CT molecular complexity index is 1220. The number of nitrogens with one attached hydrogen (secondary N) is 1. The number of carbonyl (C=O) groups is 1. The Labute approximate surface area is 192 Å². The molecule has 162 valence electrons. The van der Waals surface area contributed by atoms with E-state index in [4.69, 9.17) is 16.3 Å². The maximum Gasteiger partial charge on any atom is 0.252 e. The van der Waals surface area contributed by atoms with Gasteiger partial charge in [0.2, 0.25) is 0 Å². The van der Waals surface area contributed by atoms with Gasteiger partial charge in [-0.05, 0) is 41.0 Å². The molecule has 0 bridgehead atoms. The van der Waals surface area contributed by atoms with Crippen LogP contribution < -0.4 is 10.1 Å². The van der Waals surface area contributed by atoms with Gasteiger partial charge in [0.1, 0.15) is 17.5 Å². The van der Waals surface area contributed by atoms with Gasteiger partial charge in [0.05, 0.1) is 6.61 Å². The number of aromatic nitrogens is 2. The largest absolute Gasteiger partial charge is 0.494 e. The first kappa shape index (κ1) is 21.8. The van der Waals surface area contributed by atoms with Crippen molar-refractivity contribution in [2.75, 3.05) is 6.61 Å². The third kappa shape index (κ3) is 4.89. The van der Waals surface area contributed by atoms with Crippen molar-refractivity contribution in [2.24, 2.45) is 0 Å². The molecule has 0 saturated heterocycles. The quantitative estimate of drug-likeness (QED) is 0.339. The lowest BCUT2D eigenvalue weighted by Gasteiger charge is -2.21. The molecule has 32 heavy (non-hydrogen) atoms. The minimum atomic E-state index is -0.586. The number of carbonyl (C=O) groups excluding carboxylic acids is 1. The summed E-state index contributed by atoms with van der Waals surface area (Å²) in [4.78, 5) is 22.0. The van der Waals surface area contributed by atoms with E-state index >= 15 is 0 Å². The highest BCUT2D eigenvalue weighted by Crippen LogP contribution is 2.29. The second-order valence-electron chi connectivity index (χ2n) is 7.44. The molecule has 5 nitrogen and oxygen atoms in total. The molecule has 4 rings (SSSR count). The average Bonchev–Trinajstić information content (AvgIpc) is 2.83. The molecule has 0 radical (unpaired) electrons. The van der Waals surface area contributed by atoms with Crippen LogP contribution in [0.4, 0.5) is 0 Å². The molecule has 1 aromatic heterocycles. The van der Waals surface area contributed by atoms with E-state index in [-0.39, 0.29) is 11.1 Å². The number of hydrogen-bond acceptors (Lipinski definition) is 4. The summed E-state index contributed by atoms with van der Waals surface area (Å²) in [5, 5.41) is 5.24.